The first-order valence-electron chi connectivity index (χ1n) is 9.56. The van der Waals surface area contributed by atoms with Gasteiger partial charge in [0.15, 0.2) is 0 Å². The van der Waals surface area contributed by atoms with Crippen molar-refractivity contribution in [1.29, 1.82) is 0 Å². The Morgan fingerprint density at radius 3 is 2.64 bits per heavy atom. The Morgan fingerprint density at radius 2 is 1.88 bits per heavy atom. The summed E-state index contributed by atoms with van der Waals surface area (Å²) in [5.74, 6) is 0.136. The number of nitrogens with zero attached hydrogens (tertiary/aromatic N) is 1. The molecule has 1 aromatic rings. The zero-order valence-electron chi connectivity index (χ0n) is 15.8. The van der Waals surface area contributed by atoms with Crippen molar-refractivity contribution in [2.45, 2.75) is 45.6 Å². The highest BCUT2D eigenvalue weighted by Gasteiger charge is 2.15. The van der Waals surface area contributed by atoms with Crippen molar-refractivity contribution in [1.82, 2.24) is 15.5 Å². The molecule has 0 saturated carbocycles. The molecule has 4 nitrogen and oxygen atoms in total. The molecule has 2 N–H and O–H groups in total. The summed E-state index contributed by atoms with van der Waals surface area (Å²) in [5.41, 5.74) is 2.56. The average Bonchev–Trinajstić information content (AvgIpc) is 2.62. The van der Waals surface area contributed by atoms with E-state index in [0.717, 1.165) is 45.6 Å². The van der Waals surface area contributed by atoms with Crippen LogP contribution in [0, 0.1) is 0 Å². The Labute approximate surface area is 152 Å². The first kappa shape index (κ1) is 19.7. The van der Waals surface area contributed by atoms with Gasteiger partial charge in [-0.25, -0.2) is 0 Å². The molecule has 1 aliphatic heterocycles. The average molecular weight is 344 g/mol. The van der Waals surface area contributed by atoms with Gasteiger partial charge < -0.3 is 10.6 Å². The minimum atomic E-state index is 0.101. The third-order valence-corrected chi connectivity index (χ3v) is 4.61. The summed E-state index contributed by atoms with van der Waals surface area (Å²) >= 11 is 0. The first-order valence-corrected chi connectivity index (χ1v) is 9.56. The summed E-state index contributed by atoms with van der Waals surface area (Å²) in [6.45, 7) is 9.17. The van der Waals surface area contributed by atoms with Crippen LogP contribution in [-0.2, 0) is 4.79 Å². The molecule has 0 bridgehead atoms. The predicted molar refractivity (Wildman–Crippen MR) is 105 cm³/mol. The van der Waals surface area contributed by atoms with E-state index in [-0.39, 0.29) is 11.9 Å². The number of amides is 1. The highest BCUT2D eigenvalue weighted by molar-refractivity contribution is 5.76. The van der Waals surface area contributed by atoms with Gasteiger partial charge in [0.05, 0.1) is 0 Å². The molecule has 1 amide bonds. The van der Waals surface area contributed by atoms with E-state index in [2.05, 4.69) is 47.6 Å². The summed E-state index contributed by atoms with van der Waals surface area (Å²) in [6, 6.07) is 10.4. The molecule has 0 spiro atoms. The molecule has 0 aromatic heterocycles. The summed E-state index contributed by atoms with van der Waals surface area (Å²) in [6.07, 6.45) is 6.13. The molecule has 138 valence electrons. The zero-order chi connectivity index (χ0) is 17.9. The maximum atomic E-state index is 12.3. The number of carbonyl (C=O) groups is 1. The van der Waals surface area contributed by atoms with Gasteiger partial charge in [-0.15, -0.1) is 0 Å². The normalized spacial score (nSPS) is 21.4. The van der Waals surface area contributed by atoms with Gasteiger partial charge in [-0.2, -0.15) is 0 Å². The molecule has 0 radical (unpaired) electrons. The second-order valence-corrected chi connectivity index (χ2v) is 7.11. The molecular weight excluding hydrogens is 310 g/mol. The van der Waals surface area contributed by atoms with Crippen molar-refractivity contribution in [3.8, 4) is 0 Å². The van der Waals surface area contributed by atoms with E-state index >= 15 is 0 Å². The fourth-order valence-corrected chi connectivity index (χ4v) is 3.12. The van der Waals surface area contributed by atoms with Crippen LogP contribution in [0.25, 0.3) is 0 Å². The van der Waals surface area contributed by atoms with E-state index < -0.39 is 0 Å². The van der Waals surface area contributed by atoms with E-state index in [9.17, 15) is 4.79 Å². The lowest BCUT2D eigenvalue weighted by molar-refractivity contribution is -0.121. The van der Waals surface area contributed by atoms with Gasteiger partial charge in [-0.3, -0.25) is 9.69 Å². The minimum absolute atomic E-state index is 0.101. The lowest BCUT2D eigenvalue weighted by atomic mass is 10.0. The van der Waals surface area contributed by atoms with Gasteiger partial charge in [0, 0.05) is 32.1 Å². The number of nitrogens with one attached hydrogen (secondary N) is 2. The molecule has 0 aliphatic carbocycles. The monoisotopic (exact) mass is 343 g/mol. The number of benzene rings is 1. The van der Waals surface area contributed by atoms with Crippen molar-refractivity contribution < 1.29 is 4.79 Å². The standard InChI is InChI=1S/C21H33N3O/c1-18(2)11-16-24-14-7-6-12-22-20(19-9-4-3-5-10-19)17-21(25)23-13-8-15-24/h3-5,9-11,20,22H,6-8,12-17H2,1-2H3,(H,23,25). The Kier molecular flexibility index (Phi) is 8.70. The Bertz CT molecular complexity index is 537. The minimum Gasteiger partial charge on any atom is -0.356 e. The van der Waals surface area contributed by atoms with Crippen molar-refractivity contribution >= 4 is 5.91 Å². The number of hydrogen-bond acceptors (Lipinski definition) is 3. The van der Waals surface area contributed by atoms with Crippen LogP contribution in [0.5, 0.6) is 0 Å². The van der Waals surface area contributed by atoms with E-state index in [4.69, 9.17) is 0 Å². The molecule has 1 saturated heterocycles. The van der Waals surface area contributed by atoms with Gasteiger partial charge in [0.1, 0.15) is 0 Å². The van der Waals surface area contributed by atoms with Crippen LogP contribution in [0.2, 0.25) is 0 Å². The molecule has 2 rings (SSSR count). The molecule has 1 atom stereocenters. The van der Waals surface area contributed by atoms with Gasteiger partial charge in [-0.1, -0.05) is 42.0 Å². The van der Waals surface area contributed by atoms with Crippen molar-refractivity contribution in [3.63, 3.8) is 0 Å². The van der Waals surface area contributed by atoms with E-state index in [1.54, 1.807) is 0 Å². The second kappa shape index (κ2) is 11.1. The summed E-state index contributed by atoms with van der Waals surface area (Å²) < 4.78 is 0. The molecule has 1 fully saturated rings. The third kappa shape index (κ3) is 7.84. The summed E-state index contributed by atoms with van der Waals surface area (Å²) in [4.78, 5) is 14.8. The van der Waals surface area contributed by atoms with Crippen LogP contribution >= 0.6 is 0 Å². The quantitative estimate of drug-likeness (QED) is 0.828. The lowest BCUT2D eigenvalue weighted by Crippen LogP contribution is -2.32. The summed E-state index contributed by atoms with van der Waals surface area (Å²) in [7, 11) is 0. The Morgan fingerprint density at radius 1 is 1.12 bits per heavy atom. The van der Waals surface area contributed by atoms with Crippen molar-refractivity contribution in [3.05, 3.63) is 47.5 Å². The smallest absolute Gasteiger partial charge is 0.221 e. The van der Waals surface area contributed by atoms with Crippen LogP contribution in [-0.4, -0.2) is 43.5 Å². The van der Waals surface area contributed by atoms with Crippen LogP contribution in [0.15, 0.2) is 42.0 Å². The fraction of sp³-hybridized carbons (Fsp3) is 0.571. The maximum absolute atomic E-state index is 12.3. The highest BCUT2D eigenvalue weighted by atomic mass is 16.1. The van der Waals surface area contributed by atoms with Crippen LogP contribution in [0.3, 0.4) is 0 Å². The van der Waals surface area contributed by atoms with Gasteiger partial charge in [0.25, 0.3) is 0 Å². The molecule has 1 heterocycles. The van der Waals surface area contributed by atoms with Gasteiger partial charge in [-0.05, 0) is 51.8 Å². The third-order valence-electron chi connectivity index (χ3n) is 4.61. The molecule has 25 heavy (non-hydrogen) atoms. The van der Waals surface area contributed by atoms with Crippen LogP contribution < -0.4 is 10.6 Å². The number of hydrogen-bond donors (Lipinski definition) is 2. The predicted octanol–water partition coefficient (Wildman–Crippen LogP) is 3.28. The van der Waals surface area contributed by atoms with E-state index in [1.165, 1.54) is 17.6 Å². The first-order chi connectivity index (χ1) is 12.1. The molecule has 1 aromatic carbocycles. The van der Waals surface area contributed by atoms with Crippen molar-refractivity contribution in [2.24, 2.45) is 0 Å². The molecule has 1 aliphatic rings. The molecule has 1 unspecified atom stereocenters. The number of allylic oxidation sites excluding steroid dienone is 1. The molecular formula is C21H33N3O. The number of rotatable bonds is 3. The highest BCUT2D eigenvalue weighted by Crippen LogP contribution is 2.16. The number of carbonyl (C=O) groups excluding carboxylic acids is 1. The van der Waals surface area contributed by atoms with Crippen LogP contribution in [0.1, 0.15) is 51.1 Å². The fourth-order valence-electron chi connectivity index (χ4n) is 3.12. The lowest BCUT2D eigenvalue weighted by Gasteiger charge is -2.21. The topological polar surface area (TPSA) is 44.4 Å². The van der Waals surface area contributed by atoms with Crippen LogP contribution in [0.4, 0.5) is 0 Å². The maximum Gasteiger partial charge on any atom is 0.221 e. The van der Waals surface area contributed by atoms with E-state index in [1.807, 2.05) is 18.2 Å². The largest absolute Gasteiger partial charge is 0.356 e. The summed E-state index contributed by atoms with van der Waals surface area (Å²) in [5, 5.41) is 6.66. The molecule has 4 heteroatoms. The van der Waals surface area contributed by atoms with E-state index in [0.29, 0.717) is 6.42 Å². The Hall–Kier alpha value is -1.65. The van der Waals surface area contributed by atoms with Crippen molar-refractivity contribution in [2.75, 3.05) is 32.7 Å². The second-order valence-electron chi connectivity index (χ2n) is 7.11. The SMILES string of the molecule is CC(C)=CCN1CCCCNC(c2ccccc2)CC(=O)NCCC1. The Balaban J connectivity index is 1.94. The van der Waals surface area contributed by atoms with Gasteiger partial charge >= 0.3 is 0 Å². The zero-order valence-corrected chi connectivity index (χ0v) is 15.8. The van der Waals surface area contributed by atoms with Gasteiger partial charge in [0.2, 0.25) is 5.91 Å².